The van der Waals surface area contributed by atoms with Crippen LogP contribution in [-0.2, 0) is 14.3 Å². The van der Waals surface area contributed by atoms with Gasteiger partial charge in [-0.2, -0.15) is 0 Å². The van der Waals surface area contributed by atoms with Gasteiger partial charge < -0.3 is 20.3 Å². The van der Waals surface area contributed by atoms with Gasteiger partial charge >= 0.3 is 5.97 Å². The largest absolute Gasteiger partial charge is 0.466 e. The Kier molecular flexibility index (Phi) is 81.3. The average Bonchev–Trinajstić information content (AvgIpc) is 3.72. The molecule has 0 bridgehead atoms. The fraction of sp³-hybridized carbons (Fsp3) is 0.886. The average molecular weight is 1320 g/mol. The van der Waals surface area contributed by atoms with Crippen molar-refractivity contribution in [2.75, 3.05) is 13.2 Å². The zero-order valence-electron chi connectivity index (χ0n) is 63.7. The number of hydrogen-bond donors (Lipinski definition) is 3. The molecule has 0 aromatic rings. The minimum absolute atomic E-state index is 0.00734. The molecule has 0 rings (SSSR count). The van der Waals surface area contributed by atoms with Crippen molar-refractivity contribution in [3.63, 3.8) is 0 Å². The van der Waals surface area contributed by atoms with Crippen molar-refractivity contribution in [2.24, 2.45) is 0 Å². The van der Waals surface area contributed by atoms with E-state index in [0.29, 0.717) is 19.4 Å². The first-order chi connectivity index (χ1) is 46.5. The van der Waals surface area contributed by atoms with Crippen LogP contribution in [-0.4, -0.2) is 47.4 Å². The molecule has 1 amide bonds. The molecule has 0 aliphatic rings. The van der Waals surface area contributed by atoms with Crippen LogP contribution in [0.2, 0.25) is 0 Å². The first kappa shape index (κ1) is 91.8. The number of rotatable bonds is 81. The molecule has 0 saturated carbocycles. The van der Waals surface area contributed by atoms with Crippen LogP contribution in [0.4, 0.5) is 0 Å². The van der Waals surface area contributed by atoms with E-state index in [1.165, 1.54) is 398 Å². The van der Waals surface area contributed by atoms with Gasteiger partial charge in [-0.3, -0.25) is 9.59 Å². The number of ether oxygens (including phenoxy) is 1. The van der Waals surface area contributed by atoms with Crippen LogP contribution in [0.15, 0.2) is 48.6 Å². The van der Waals surface area contributed by atoms with Crippen molar-refractivity contribution in [3.8, 4) is 0 Å². The van der Waals surface area contributed by atoms with E-state index in [9.17, 15) is 19.8 Å². The van der Waals surface area contributed by atoms with Gasteiger partial charge in [0.1, 0.15) is 0 Å². The lowest BCUT2D eigenvalue weighted by Crippen LogP contribution is -2.45. The molecule has 0 aromatic carbocycles. The van der Waals surface area contributed by atoms with Crippen molar-refractivity contribution in [2.45, 2.75) is 488 Å². The Morgan fingerprint density at radius 1 is 0.298 bits per heavy atom. The van der Waals surface area contributed by atoms with Gasteiger partial charge in [0, 0.05) is 12.8 Å². The Bertz CT molecular complexity index is 1570. The van der Waals surface area contributed by atoms with Gasteiger partial charge in [0.25, 0.3) is 0 Å². The molecule has 0 aromatic heterocycles. The highest BCUT2D eigenvalue weighted by atomic mass is 16.5. The molecule has 6 heteroatoms. The number of aliphatic hydroxyl groups is 2. The minimum Gasteiger partial charge on any atom is -0.466 e. The van der Waals surface area contributed by atoms with Gasteiger partial charge in [0.2, 0.25) is 5.91 Å². The Labute approximate surface area is 588 Å². The molecule has 3 N–H and O–H groups in total. The maximum Gasteiger partial charge on any atom is 0.305 e. The number of unbranched alkanes of at least 4 members (excludes halogenated alkanes) is 64. The predicted molar refractivity (Wildman–Crippen MR) is 416 cm³/mol. The van der Waals surface area contributed by atoms with Crippen molar-refractivity contribution < 1.29 is 24.5 Å². The second kappa shape index (κ2) is 83.2. The number of aliphatic hydroxyl groups excluding tert-OH is 2. The number of nitrogens with one attached hydrogen (secondary N) is 1. The van der Waals surface area contributed by atoms with Crippen LogP contribution in [0.1, 0.15) is 476 Å². The normalized spacial score (nSPS) is 12.7. The summed E-state index contributed by atoms with van der Waals surface area (Å²) in [4.78, 5) is 24.6. The molecule has 0 fully saturated rings. The first-order valence-electron chi connectivity index (χ1n) is 42.9. The van der Waals surface area contributed by atoms with Gasteiger partial charge in [0.05, 0.1) is 25.4 Å². The van der Waals surface area contributed by atoms with Gasteiger partial charge in [-0.25, -0.2) is 0 Å². The quantitative estimate of drug-likeness (QED) is 0.0320. The van der Waals surface area contributed by atoms with Crippen LogP contribution in [0.3, 0.4) is 0 Å². The van der Waals surface area contributed by atoms with Crippen molar-refractivity contribution in [1.82, 2.24) is 5.32 Å². The molecule has 0 saturated heterocycles. The number of hydrogen-bond acceptors (Lipinski definition) is 5. The van der Waals surface area contributed by atoms with Crippen molar-refractivity contribution >= 4 is 11.9 Å². The van der Waals surface area contributed by atoms with Crippen molar-refractivity contribution in [3.05, 3.63) is 48.6 Å². The van der Waals surface area contributed by atoms with E-state index in [-0.39, 0.29) is 18.5 Å². The van der Waals surface area contributed by atoms with E-state index in [0.717, 1.165) is 51.4 Å². The highest BCUT2D eigenvalue weighted by Gasteiger charge is 2.18. The zero-order valence-corrected chi connectivity index (χ0v) is 63.7. The maximum absolute atomic E-state index is 12.6. The second-order valence-electron chi connectivity index (χ2n) is 29.5. The van der Waals surface area contributed by atoms with Gasteiger partial charge in [-0.05, 0) is 83.5 Å². The summed E-state index contributed by atoms with van der Waals surface area (Å²) in [5.41, 5.74) is 0. The molecule has 6 nitrogen and oxygen atoms in total. The van der Waals surface area contributed by atoms with Gasteiger partial charge in [-0.15, -0.1) is 0 Å². The van der Waals surface area contributed by atoms with Crippen LogP contribution in [0, 0.1) is 0 Å². The molecule has 94 heavy (non-hydrogen) atoms. The van der Waals surface area contributed by atoms with Crippen LogP contribution >= 0.6 is 0 Å². The van der Waals surface area contributed by atoms with E-state index in [2.05, 4.69) is 55.6 Å². The SMILES string of the molecule is CCC/C=C\C/C=C\CCCCCCCC(=O)OCCCCCCCCCCCCCCCCCCCC/C=C\CCCCCCCCCCCCCCCCCCCC(=O)NC(CO)C(O)/C=C/CCCCCCCCCCCCCCCCCCCCCCCCC. The fourth-order valence-corrected chi connectivity index (χ4v) is 13.6. The summed E-state index contributed by atoms with van der Waals surface area (Å²) < 4.78 is 5.49. The molecule has 0 spiro atoms. The molecule has 2 atom stereocenters. The second-order valence-corrected chi connectivity index (χ2v) is 29.5. The predicted octanol–water partition coefficient (Wildman–Crippen LogP) is 28.7. The lowest BCUT2D eigenvalue weighted by atomic mass is 10.0. The fourth-order valence-electron chi connectivity index (χ4n) is 13.6. The zero-order chi connectivity index (χ0) is 67.7. The summed E-state index contributed by atoms with van der Waals surface area (Å²) >= 11 is 0. The summed E-state index contributed by atoms with van der Waals surface area (Å²) in [7, 11) is 0. The maximum atomic E-state index is 12.6. The molecule has 0 aliphatic heterocycles. The first-order valence-corrected chi connectivity index (χ1v) is 42.9. The standard InChI is InChI=1S/C88H167NO5/c1-3-5-7-9-11-13-15-17-18-19-20-21-22-38-41-44-47-50-53-57-60-64-68-72-76-80-86(91)85(84-90)89-87(92)81-77-73-69-65-61-58-54-51-48-45-42-39-36-34-32-30-28-26-24-23-25-27-29-31-33-35-37-40-43-46-49-52-55-59-63-67-71-75-79-83-94-88(93)82-78-74-70-66-62-56-16-14-12-10-8-6-4-2/h8,10,14,16,23-24,76,80,85-86,90-91H,3-7,9,11-13,15,17-22,25-75,77-79,81-84H2,1-2H3,(H,89,92)/b10-8-,16-14-,24-23-,80-76+. The summed E-state index contributed by atoms with van der Waals surface area (Å²) in [6.07, 6.45) is 111. The lowest BCUT2D eigenvalue weighted by Gasteiger charge is -2.20. The van der Waals surface area contributed by atoms with Crippen molar-refractivity contribution in [1.29, 1.82) is 0 Å². The van der Waals surface area contributed by atoms with E-state index in [1.807, 2.05) is 6.08 Å². The number of amides is 1. The highest BCUT2D eigenvalue weighted by Crippen LogP contribution is 2.20. The monoisotopic (exact) mass is 1320 g/mol. The number of carbonyl (C=O) groups is 2. The molecular formula is C88H167NO5. The van der Waals surface area contributed by atoms with E-state index in [4.69, 9.17) is 4.74 Å². The Hall–Kier alpha value is -2.18. The van der Waals surface area contributed by atoms with Gasteiger partial charge in [-0.1, -0.05) is 428 Å². The van der Waals surface area contributed by atoms with E-state index >= 15 is 0 Å². The van der Waals surface area contributed by atoms with Crippen LogP contribution < -0.4 is 5.32 Å². The smallest absolute Gasteiger partial charge is 0.305 e. The van der Waals surface area contributed by atoms with Crippen LogP contribution in [0.25, 0.3) is 0 Å². The molecular weight excluding hydrogens is 1150 g/mol. The minimum atomic E-state index is -0.844. The molecule has 0 heterocycles. The Morgan fingerprint density at radius 3 is 0.862 bits per heavy atom. The number of allylic oxidation sites excluding steroid dienone is 7. The highest BCUT2D eigenvalue weighted by molar-refractivity contribution is 5.76. The molecule has 0 aliphatic carbocycles. The summed E-state index contributed by atoms with van der Waals surface area (Å²) in [5.74, 6) is -0.0510. The van der Waals surface area contributed by atoms with E-state index < -0.39 is 12.1 Å². The Morgan fingerprint density at radius 2 is 0.553 bits per heavy atom. The van der Waals surface area contributed by atoms with Crippen LogP contribution in [0.5, 0.6) is 0 Å². The number of carbonyl (C=O) groups excluding carboxylic acids is 2. The molecule has 0 radical (unpaired) electrons. The summed E-state index contributed by atoms with van der Waals surface area (Å²) in [6, 6.07) is -0.627. The summed E-state index contributed by atoms with van der Waals surface area (Å²) in [6.45, 7) is 4.89. The third kappa shape index (κ3) is 78.8. The van der Waals surface area contributed by atoms with Gasteiger partial charge in [0.15, 0.2) is 0 Å². The van der Waals surface area contributed by atoms with E-state index in [1.54, 1.807) is 6.08 Å². The third-order valence-corrected chi connectivity index (χ3v) is 20.0. The summed E-state index contributed by atoms with van der Waals surface area (Å²) in [5, 5.41) is 23.3. The topological polar surface area (TPSA) is 95.9 Å². The molecule has 2 unspecified atom stereocenters. The third-order valence-electron chi connectivity index (χ3n) is 20.0. The number of esters is 1. The Balaban J connectivity index is 3.36. The lowest BCUT2D eigenvalue weighted by molar-refractivity contribution is -0.143. The molecule has 554 valence electrons.